The van der Waals surface area contributed by atoms with Crippen LogP contribution in [0.4, 0.5) is 32.3 Å². The first-order chi connectivity index (χ1) is 13.6. The van der Waals surface area contributed by atoms with Crippen LogP contribution < -0.4 is 16.0 Å². The Balaban J connectivity index is 1.88. The Hall–Kier alpha value is -2.27. The highest BCUT2D eigenvalue weighted by atomic mass is 19.4. The Morgan fingerprint density at radius 1 is 1.21 bits per heavy atom. The molecule has 2 unspecified atom stereocenters. The number of anilines is 1. The van der Waals surface area contributed by atoms with Gasteiger partial charge in [0, 0.05) is 25.3 Å². The first-order valence-electron chi connectivity index (χ1n) is 9.35. The fraction of sp³-hybridized carbons (Fsp3) is 0.706. The Morgan fingerprint density at radius 3 is 2.62 bits per heavy atom. The van der Waals surface area contributed by atoms with Crippen molar-refractivity contribution in [1.82, 2.24) is 20.6 Å². The monoisotopic (exact) mass is 426 g/mol. The predicted octanol–water partition coefficient (Wildman–Crippen LogP) is 3.58. The van der Waals surface area contributed by atoms with Gasteiger partial charge in [-0.25, -0.2) is 9.97 Å². The molecule has 3 N–H and O–H groups in total. The lowest BCUT2D eigenvalue weighted by Crippen LogP contribution is -2.47. The zero-order valence-corrected chi connectivity index (χ0v) is 15.9. The minimum Gasteiger partial charge on any atom is -0.357 e. The number of guanidine groups is 1. The number of rotatable bonds is 6. The van der Waals surface area contributed by atoms with E-state index in [1.54, 1.807) is 0 Å². The summed E-state index contributed by atoms with van der Waals surface area (Å²) >= 11 is 0. The zero-order chi connectivity index (χ0) is 21.5. The number of halogens is 6. The summed E-state index contributed by atoms with van der Waals surface area (Å²) in [5, 5.41) is 8.63. The highest BCUT2D eigenvalue weighted by Crippen LogP contribution is 2.37. The average molecular weight is 426 g/mol. The van der Waals surface area contributed by atoms with E-state index in [2.05, 4.69) is 30.9 Å². The van der Waals surface area contributed by atoms with Gasteiger partial charge in [-0.3, -0.25) is 4.99 Å². The predicted molar refractivity (Wildman–Crippen MR) is 96.4 cm³/mol. The molecule has 2 rings (SSSR count). The van der Waals surface area contributed by atoms with Gasteiger partial charge >= 0.3 is 12.4 Å². The van der Waals surface area contributed by atoms with Crippen molar-refractivity contribution in [2.75, 3.05) is 25.0 Å². The van der Waals surface area contributed by atoms with Crippen molar-refractivity contribution in [1.29, 1.82) is 0 Å². The smallest absolute Gasteiger partial charge is 0.357 e. The molecular weight excluding hydrogens is 402 g/mol. The molecular formula is C17H24F6N6. The number of hydrogen-bond acceptors (Lipinski definition) is 4. The molecule has 0 aromatic carbocycles. The molecule has 164 valence electrons. The van der Waals surface area contributed by atoms with Gasteiger partial charge in [-0.2, -0.15) is 26.3 Å². The zero-order valence-electron chi connectivity index (χ0n) is 15.9. The van der Waals surface area contributed by atoms with Crippen LogP contribution in [0, 0.1) is 5.92 Å². The molecule has 1 aromatic rings. The van der Waals surface area contributed by atoms with Gasteiger partial charge in [0.1, 0.15) is 5.69 Å². The largest absolute Gasteiger partial charge is 0.433 e. The van der Waals surface area contributed by atoms with E-state index in [9.17, 15) is 26.3 Å². The summed E-state index contributed by atoms with van der Waals surface area (Å²) in [7, 11) is 0. The Morgan fingerprint density at radius 2 is 1.97 bits per heavy atom. The van der Waals surface area contributed by atoms with Gasteiger partial charge in [0.25, 0.3) is 0 Å². The number of nitrogens with one attached hydrogen (secondary N) is 3. The lowest BCUT2D eigenvalue weighted by Gasteiger charge is -2.31. The molecule has 0 aliphatic heterocycles. The summed E-state index contributed by atoms with van der Waals surface area (Å²) in [5.41, 5.74) is -1.05. The van der Waals surface area contributed by atoms with Crippen LogP contribution in [0.1, 0.15) is 38.3 Å². The summed E-state index contributed by atoms with van der Waals surface area (Å²) < 4.78 is 76.8. The molecule has 29 heavy (non-hydrogen) atoms. The molecule has 0 saturated heterocycles. The van der Waals surface area contributed by atoms with E-state index in [0.717, 1.165) is 12.3 Å². The summed E-state index contributed by atoms with van der Waals surface area (Å²) in [6, 6.07) is 0.433. The highest BCUT2D eigenvalue weighted by Gasteiger charge is 2.42. The maximum atomic E-state index is 12.9. The molecule has 1 aliphatic carbocycles. The Labute approximate surface area is 164 Å². The molecule has 1 aromatic heterocycles. The molecule has 12 heteroatoms. The third kappa shape index (κ3) is 7.58. The fourth-order valence-electron chi connectivity index (χ4n) is 3.07. The van der Waals surface area contributed by atoms with Crippen LogP contribution in [-0.2, 0) is 6.18 Å². The summed E-state index contributed by atoms with van der Waals surface area (Å²) in [6.07, 6.45) is -6.53. The lowest BCUT2D eigenvalue weighted by molar-refractivity contribution is -0.183. The number of nitrogens with zero attached hydrogens (tertiary/aromatic N) is 3. The van der Waals surface area contributed by atoms with Crippen LogP contribution >= 0.6 is 0 Å². The van der Waals surface area contributed by atoms with Gasteiger partial charge in [-0.1, -0.05) is 6.42 Å². The van der Waals surface area contributed by atoms with Gasteiger partial charge in [0.15, 0.2) is 5.96 Å². The molecule has 1 aliphatic rings. The topological polar surface area (TPSA) is 74.2 Å². The van der Waals surface area contributed by atoms with E-state index in [1.165, 1.54) is 0 Å². The molecule has 0 bridgehead atoms. The number of hydrogen-bond donors (Lipinski definition) is 3. The van der Waals surface area contributed by atoms with Crippen LogP contribution in [0.2, 0.25) is 0 Å². The van der Waals surface area contributed by atoms with E-state index >= 15 is 0 Å². The van der Waals surface area contributed by atoms with E-state index < -0.39 is 24.0 Å². The molecule has 1 saturated carbocycles. The third-order valence-corrected chi connectivity index (χ3v) is 4.43. The van der Waals surface area contributed by atoms with Crippen molar-refractivity contribution in [3.63, 3.8) is 0 Å². The van der Waals surface area contributed by atoms with Crippen LogP contribution in [-0.4, -0.2) is 47.8 Å². The van der Waals surface area contributed by atoms with Gasteiger partial charge < -0.3 is 16.0 Å². The second kappa shape index (κ2) is 9.97. The molecule has 1 heterocycles. The van der Waals surface area contributed by atoms with E-state index in [1.807, 2.05) is 6.92 Å². The van der Waals surface area contributed by atoms with Crippen molar-refractivity contribution < 1.29 is 26.3 Å². The van der Waals surface area contributed by atoms with Crippen LogP contribution in [0.15, 0.2) is 17.3 Å². The van der Waals surface area contributed by atoms with Crippen LogP contribution in [0.3, 0.4) is 0 Å². The molecule has 0 amide bonds. The van der Waals surface area contributed by atoms with E-state index in [-0.39, 0.29) is 37.9 Å². The van der Waals surface area contributed by atoms with Gasteiger partial charge in [0.05, 0.1) is 12.5 Å². The summed E-state index contributed by atoms with van der Waals surface area (Å²) in [6.45, 7) is 2.68. The molecule has 0 radical (unpaired) electrons. The first kappa shape index (κ1) is 23.0. The molecule has 0 spiro atoms. The number of alkyl halides is 6. The summed E-state index contributed by atoms with van der Waals surface area (Å²) in [4.78, 5) is 11.4. The van der Waals surface area contributed by atoms with Crippen LogP contribution in [0.25, 0.3) is 0 Å². The van der Waals surface area contributed by atoms with Gasteiger partial charge in [-0.05, 0) is 32.3 Å². The standard InChI is InChI=1S/C17H24F6N6/c1-2-24-14(28-12-5-3-4-11(10-12)16(18,19)20)26-8-9-27-15-25-7-6-13(29-15)17(21,22)23/h6-7,11-12H,2-5,8-10H2,1H3,(H2,24,26,28)(H,25,27,29). The average Bonchev–Trinajstić information content (AvgIpc) is 2.64. The molecule has 1 fully saturated rings. The minimum atomic E-state index is -4.56. The summed E-state index contributed by atoms with van der Waals surface area (Å²) in [5.74, 6) is -1.13. The fourth-order valence-corrected chi connectivity index (χ4v) is 3.07. The second-order valence-corrected chi connectivity index (χ2v) is 6.70. The Bertz CT molecular complexity index is 675. The quantitative estimate of drug-likeness (QED) is 0.281. The van der Waals surface area contributed by atoms with Gasteiger partial charge in [-0.15, -0.1) is 0 Å². The second-order valence-electron chi connectivity index (χ2n) is 6.70. The van der Waals surface area contributed by atoms with Crippen molar-refractivity contribution in [2.24, 2.45) is 10.9 Å². The van der Waals surface area contributed by atoms with E-state index in [4.69, 9.17) is 0 Å². The Kier molecular flexibility index (Phi) is 7.91. The van der Waals surface area contributed by atoms with Crippen LogP contribution in [0.5, 0.6) is 0 Å². The third-order valence-electron chi connectivity index (χ3n) is 4.43. The van der Waals surface area contributed by atoms with Gasteiger partial charge in [0.2, 0.25) is 5.95 Å². The van der Waals surface area contributed by atoms with Crippen molar-refractivity contribution in [3.05, 3.63) is 18.0 Å². The number of aromatic nitrogens is 2. The molecule has 6 nitrogen and oxygen atoms in total. The van der Waals surface area contributed by atoms with E-state index in [0.29, 0.717) is 25.3 Å². The lowest BCUT2D eigenvalue weighted by atomic mass is 9.85. The molecule has 2 atom stereocenters. The number of aliphatic imine (C=N–C) groups is 1. The van der Waals surface area contributed by atoms with Crippen molar-refractivity contribution in [3.8, 4) is 0 Å². The maximum Gasteiger partial charge on any atom is 0.433 e. The highest BCUT2D eigenvalue weighted by molar-refractivity contribution is 5.80. The normalized spacial score (nSPS) is 21.0. The SMILES string of the molecule is CCNC(=NCCNc1nccc(C(F)(F)F)n1)NC1CCCC(C(F)(F)F)C1. The van der Waals surface area contributed by atoms with Crippen molar-refractivity contribution in [2.45, 2.75) is 51.0 Å². The van der Waals surface area contributed by atoms with Crippen molar-refractivity contribution >= 4 is 11.9 Å². The first-order valence-corrected chi connectivity index (χ1v) is 9.35. The maximum absolute atomic E-state index is 12.9. The minimum absolute atomic E-state index is 0.00968.